The van der Waals surface area contributed by atoms with E-state index in [9.17, 15) is 0 Å². The molecule has 4 heteroatoms. The second-order valence-electron chi connectivity index (χ2n) is 7.37. The lowest BCUT2D eigenvalue weighted by Crippen LogP contribution is -2.39. The fourth-order valence-electron chi connectivity index (χ4n) is 3.92. The van der Waals surface area contributed by atoms with Crippen molar-refractivity contribution in [2.75, 3.05) is 25.0 Å². The Bertz CT molecular complexity index is 873. The van der Waals surface area contributed by atoms with Crippen molar-refractivity contribution < 1.29 is 0 Å². The van der Waals surface area contributed by atoms with E-state index in [1.807, 2.05) is 18.3 Å². The van der Waals surface area contributed by atoms with Gasteiger partial charge in [0.05, 0.1) is 5.52 Å². The van der Waals surface area contributed by atoms with Crippen molar-refractivity contribution >= 4 is 28.2 Å². The Morgan fingerprint density at radius 1 is 1.04 bits per heavy atom. The lowest BCUT2D eigenvalue weighted by molar-refractivity contribution is 0.217. The second kappa shape index (κ2) is 8.73. The summed E-state index contributed by atoms with van der Waals surface area (Å²) in [6.07, 6.45) is 6.63. The van der Waals surface area contributed by atoms with Crippen LogP contribution in [0.25, 0.3) is 10.9 Å². The highest BCUT2D eigenvalue weighted by molar-refractivity contribution is 6.31. The Morgan fingerprint density at radius 3 is 2.67 bits per heavy atom. The SMILES string of the molecule is Clc1ccc2c(NC3CCN(CCCc4ccccc4)CC3)ccnc2c1. The molecule has 0 amide bonds. The number of hydrogen-bond donors (Lipinski definition) is 1. The highest BCUT2D eigenvalue weighted by Crippen LogP contribution is 2.26. The molecular weight excluding hydrogens is 354 g/mol. The topological polar surface area (TPSA) is 28.2 Å². The number of rotatable bonds is 6. The molecule has 1 N–H and O–H groups in total. The first-order chi connectivity index (χ1) is 13.3. The van der Waals surface area contributed by atoms with E-state index in [0.717, 1.165) is 15.9 Å². The summed E-state index contributed by atoms with van der Waals surface area (Å²) in [5, 5.41) is 5.61. The molecule has 3 aromatic rings. The zero-order valence-corrected chi connectivity index (χ0v) is 16.3. The standard InChI is InChI=1S/C23H26ClN3/c24-19-8-9-21-22(10-13-25-23(21)17-19)26-20-11-15-27(16-12-20)14-4-7-18-5-2-1-3-6-18/h1-3,5-6,8-10,13,17,20H,4,7,11-12,14-16H2,(H,25,26). The first kappa shape index (κ1) is 18.3. The Balaban J connectivity index is 1.27. The van der Waals surface area contributed by atoms with E-state index in [4.69, 9.17) is 11.6 Å². The molecule has 1 saturated heterocycles. The van der Waals surface area contributed by atoms with E-state index in [1.165, 1.54) is 56.6 Å². The molecule has 0 saturated carbocycles. The maximum Gasteiger partial charge on any atom is 0.0737 e. The molecular formula is C23H26ClN3. The van der Waals surface area contributed by atoms with Crippen molar-refractivity contribution in [1.82, 2.24) is 9.88 Å². The zero-order valence-electron chi connectivity index (χ0n) is 15.6. The van der Waals surface area contributed by atoms with Crippen molar-refractivity contribution in [3.05, 3.63) is 71.4 Å². The van der Waals surface area contributed by atoms with Gasteiger partial charge in [-0.3, -0.25) is 4.98 Å². The molecule has 0 aliphatic carbocycles. The van der Waals surface area contributed by atoms with Crippen molar-refractivity contribution in [3.63, 3.8) is 0 Å². The molecule has 3 nitrogen and oxygen atoms in total. The fourth-order valence-corrected chi connectivity index (χ4v) is 4.09. The molecule has 0 radical (unpaired) electrons. The third-order valence-corrected chi connectivity index (χ3v) is 5.67. The van der Waals surface area contributed by atoms with Crippen LogP contribution in [-0.2, 0) is 6.42 Å². The number of nitrogens with one attached hydrogen (secondary N) is 1. The third-order valence-electron chi connectivity index (χ3n) is 5.43. The van der Waals surface area contributed by atoms with Gasteiger partial charge in [0, 0.05) is 41.4 Å². The largest absolute Gasteiger partial charge is 0.382 e. The van der Waals surface area contributed by atoms with E-state index >= 15 is 0 Å². The number of benzene rings is 2. The van der Waals surface area contributed by atoms with Gasteiger partial charge >= 0.3 is 0 Å². The molecule has 1 fully saturated rings. The van der Waals surface area contributed by atoms with Gasteiger partial charge in [0.15, 0.2) is 0 Å². The number of pyridine rings is 1. The van der Waals surface area contributed by atoms with E-state index in [2.05, 4.69) is 57.7 Å². The smallest absolute Gasteiger partial charge is 0.0737 e. The van der Waals surface area contributed by atoms with Gasteiger partial charge in [0.25, 0.3) is 0 Å². The van der Waals surface area contributed by atoms with Crippen LogP contribution in [0.2, 0.25) is 5.02 Å². The number of anilines is 1. The number of hydrogen-bond acceptors (Lipinski definition) is 3. The molecule has 4 rings (SSSR count). The maximum absolute atomic E-state index is 6.09. The Morgan fingerprint density at radius 2 is 1.85 bits per heavy atom. The van der Waals surface area contributed by atoms with Crippen molar-refractivity contribution in [3.8, 4) is 0 Å². The van der Waals surface area contributed by atoms with Crippen LogP contribution in [0.4, 0.5) is 5.69 Å². The van der Waals surface area contributed by atoms with Gasteiger partial charge in [-0.15, -0.1) is 0 Å². The maximum atomic E-state index is 6.09. The minimum Gasteiger partial charge on any atom is -0.382 e. The molecule has 0 bridgehead atoms. The summed E-state index contributed by atoms with van der Waals surface area (Å²) >= 11 is 6.09. The highest BCUT2D eigenvalue weighted by Gasteiger charge is 2.19. The van der Waals surface area contributed by atoms with Crippen LogP contribution < -0.4 is 5.32 Å². The van der Waals surface area contributed by atoms with Gasteiger partial charge in [0.2, 0.25) is 0 Å². The summed E-state index contributed by atoms with van der Waals surface area (Å²) in [6.45, 7) is 3.53. The molecule has 2 heterocycles. The van der Waals surface area contributed by atoms with Crippen LogP contribution in [0, 0.1) is 0 Å². The summed E-state index contributed by atoms with van der Waals surface area (Å²) in [5.74, 6) is 0. The van der Waals surface area contributed by atoms with Crippen LogP contribution in [0.15, 0.2) is 60.8 Å². The zero-order chi connectivity index (χ0) is 18.5. The first-order valence-corrected chi connectivity index (χ1v) is 10.2. The van der Waals surface area contributed by atoms with E-state index in [-0.39, 0.29) is 0 Å². The van der Waals surface area contributed by atoms with Crippen LogP contribution in [0.1, 0.15) is 24.8 Å². The number of halogens is 1. The van der Waals surface area contributed by atoms with Gasteiger partial charge in [-0.25, -0.2) is 0 Å². The van der Waals surface area contributed by atoms with E-state index in [0.29, 0.717) is 6.04 Å². The lowest BCUT2D eigenvalue weighted by Gasteiger charge is -2.33. The summed E-state index contributed by atoms with van der Waals surface area (Å²) in [7, 11) is 0. The minimum absolute atomic E-state index is 0.525. The van der Waals surface area contributed by atoms with Crippen molar-refractivity contribution in [2.24, 2.45) is 0 Å². The van der Waals surface area contributed by atoms with Crippen LogP contribution >= 0.6 is 11.6 Å². The van der Waals surface area contributed by atoms with Crippen LogP contribution in [0.3, 0.4) is 0 Å². The van der Waals surface area contributed by atoms with Crippen molar-refractivity contribution in [2.45, 2.75) is 31.7 Å². The second-order valence-corrected chi connectivity index (χ2v) is 7.81. The van der Waals surface area contributed by atoms with Gasteiger partial charge in [-0.1, -0.05) is 41.9 Å². The van der Waals surface area contributed by atoms with Gasteiger partial charge in [0.1, 0.15) is 0 Å². The molecule has 1 aliphatic heterocycles. The quantitative estimate of drug-likeness (QED) is 0.621. The summed E-state index contributed by atoms with van der Waals surface area (Å²) in [4.78, 5) is 7.04. The third kappa shape index (κ3) is 4.79. The van der Waals surface area contributed by atoms with Gasteiger partial charge < -0.3 is 10.2 Å². The molecule has 0 atom stereocenters. The summed E-state index contributed by atoms with van der Waals surface area (Å²) in [5.41, 5.74) is 3.56. The van der Waals surface area contributed by atoms with Crippen molar-refractivity contribution in [1.29, 1.82) is 0 Å². The summed E-state index contributed by atoms with van der Waals surface area (Å²) < 4.78 is 0. The van der Waals surface area contributed by atoms with Crippen LogP contribution in [0.5, 0.6) is 0 Å². The molecule has 27 heavy (non-hydrogen) atoms. The first-order valence-electron chi connectivity index (χ1n) is 9.85. The normalized spacial score (nSPS) is 15.9. The number of nitrogens with zero attached hydrogens (tertiary/aromatic N) is 2. The number of likely N-dealkylation sites (tertiary alicyclic amines) is 1. The minimum atomic E-state index is 0.525. The number of aromatic nitrogens is 1. The van der Waals surface area contributed by atoms with Gasteiger partial charge in [-0.05, 0) is 62.1 Å². The monoisotopic (exact) mass is 379 g/mol. The molecule has 1 aromatic heterocycles. The lowest BCUT2D eigenvalue weighted by atomic mass is 10.0. The molecule has 140 valence electrons. The molecule has 2 aromatic carbocycles. The van der Waals surface area contributed by atoms with E-state index < -0.39 is 0 Å². The van der Waals surface area contributed by atoms with Gasteiger partial charge in [-0.2, -0.15) is 0 Å². The molecule has 0 spiro atoms. The molecule has 0 unspecified atom stereocenters. The summed E-state index contributed by atoms with van der Waals surface area (Å²) in [6, 6.07) is 19.3. The Hall–Kier alpha value is -2.10. The average molecular weight is 380 g/mol. The highest BCUT2D eigenvalue weighted by atomic mass is 35.5. The van der Waals surface area contributed by atoms with E-state index in [1.54, 1.807) is 0 Å². The van der Waals surface area contributed by atoms with Crippen LogP contribution in [-0.4, -0.2) is 35.6 Å². The predicted molar refractivity (Wildman–Crippen MR) is 115 cm³/mol. The fraction of sp³-hybridized carbons (Fsp3) is 0.348. The molecule has 1 aliphatic rings. The Kier molecular flexibility index (Phi) is 5.90. The Labute approximate surface area is 166 Å². The average Bonchev–Trinajstić information content (AvgIpc) is 2.70. The number of fused-ring (bicyclic) bond motifs is 1. The number of aryl methyl sites for hydroxylation is 1. The predicted octanol–water partition coefficient (Wildman–Crippen LogP) is 5.40. The number of piperidine rings is 1.